The number of H-pyrrole nitrogens is 2. The molecule has 3 rings (SSSR count). The molecule has 0 fully saturated rings. The van der Waals surface area contributed by atoms with Gasteiger partial charge in [0.25, 0.3) is 0 Å². The fourth-order valence-electron chi connectivity index (χ4n) is 2.32. The monoisotopic (exact) mass is 370 g/mol. The summed E-state index contributed by atoms with van der Waals surface area (Å²) in [5, 5.41) is 17.1. The van der Waals surface area contributed by atoms with E-state index in [1.165, 1.54) is 10.9 Å². The molecule has 10 heteroatoms. The maximum absolute atomic E-state index is 12.7. The van der Waals surface area contributed by atoms with Crippen molar-refractivity contribution >= 4 is 17.5 Å². The number of nitrogens with zero attached hydrogens (tertiary/aromatic N) is 4. The van der Waals surface area contributed by atoms with E-state index in [1.807, 2.05) is 6.07 Å². The number of aromatic amines is 2. The van der Waals surface area contributed by atoms with Crippen molar-refractivity contribution in [3.8, 4) is 11.6 Å². The van der Waals surface area contributed by atoms with E-state index in [4.69, 9.17) is 9.47 Å². The van der Waals surface area contributed by atoms with E-state index in [0.717, 1.165) is 0 Å². The van der Waals surface area contributed by atoms with Crippen LogP contribution in [0.2, 0.25) is 0 Å². The van der Waals surface area contributed by atoms with Gasteiger partial charge in [-0.1, -0.05) is 18.2 Å². The third-order valence-electron chi connectivity index (χ3n) is 3.50. The number of hydrogen-bond acceptors (Lipinski definition) is 7. The van der Waals surface area contributed by atoms with Crippen LogP contribution in [0.25, 0.3) is 5.69 Å². The number of carbonyl (C=O) groups is 1. The van der Waals surface area contributed by atoms with Gasteiger partial charge in [0, 0.05) is 6.20 Å². The van der Waals surface area contributed by atoms with Gasteiger partial charge in [-0.3, -0.25) is 15.0 Å². The van der Waals surface area contributed by atoms with Gasteiger partial charge in [-0.05, 0) is 26.0 Å². The second kappa shape index (κ2) is 8.13. The van der Waals surface area contributed by atoms with Crippen LogP contribution in [0.1, 0.15) is 24.2 Å². The quantitative estimate of drug-likeness (QED) is 0.488. The number of ether oxygens (including phenoxy) is 2. The van der Waals surface area contributed by atoms with Crippen molar-refractivity contribution < 1.29 is 14.3 Å². The van der Waals surface area contributed by atoms with Crippen molar-refractivity contribution in [2.45, 2.75) is 13.8 Å². The molecule has 2 aromatic heterocycles. The normalized spacial score (nSPS) is 11.0. The molecule has 0 saturated carbocycles. The summed E-state index contributed by atoms with van der Waals surface area (Å²) in [4.78, 5) is 24.6. The molecular formula is C17H18N6O4. The second-order valence-electron chi connectivity index (χ2n) is 5.24. The minimum absolute atomic E-state index is 0.0164. The number of aromatic nitrogens is 4. The van der Waals surface area contributed by atoms with Gasteiger partial charge >= 0.3 is 11.5 Å². The fraction of sp³-hybridized carbons (Fsp3) is 0.235. The lowest BCUT2D eigenvalue weighted by Crippen LogP contribution is -2.13. The van der Waals surface area contributed by atoms with Crippen molar-refractivity contribution in [1.29, 1.82) is 0 Å². The van der Waals surface area contributed by atoms with E-state index in [2.05, 4.69) is 25.5 Å². The molecule has 0 saturated heterocycles. The maximum atomic E-state index is 12.7. The number of hydrogen-bond donors (Lipinski definition) is 2. The summed E-state index contributed by atoms with van der Waals surface area (Å²) in [7, 11) is 0. The Morgan fingerprint density at radius 1 is 1.19 bits per heavy atom. The van der Waals surface area contributed by atoms with Gasteiger partial charge in [0.1, 0.15) is 5.56 Å². The van der Waals surface area contributed by atoms with Crippen LogP contribution in [0.4, 0.5) is 11.5 Å². The van der Waals surface area contributed by atoms with Crippen molar-refractivity contribution in [3.63, 3.8) is 0 Å². The summed E-state index contributed by atoms with van der Waals surface area (Å²) in [5.74, 6) is -0.396. The molecular weight excluding hydrogens is 352 g/mol. The largest absolute Gasteiger partial charge is 0.477 e. The van der Waals surface area contributed by atoms with Gasteiger partial charge in [0.05, 0.1) is 18.9 Å². The third kappa shape index (κ3) is 3.78. The number of rotatable bonds is 7. The third-order valence-corrected chi connectivity index (χ3v) is 3.50. The zero-order valence-electron chi connectivity index (χ0n) is 14.8. The minimum atomic E-state index is -0.582. The summed E-state index contributed by atoms with van der Waals surface area (Å²) in [6.07, 6.45) is 1.36. The Bertz CT molecular complexity index is 1000. The Balaban J connectivity index is 1.99. The first-order valence-electron chi connectivity index (χ1n) is 8.31. The molecule has 0 aliphatic rings. The zero-order valence-corrected chi connectivity index (χ0v) is 14.8. The lowest BCUT2D eigenvalue weighted by molar-refractivity contribution is 0.0527. The summed E-state index contributed by atoms with van der Waals surface area (Å²) in [6.45, 7) is 4.02. The molecule has 27 heavy (non-hydrogen) atoms. The Morgan fingerprint density at radius 2 is 1.96 bits per heavy atom. The molecule has 3 aromatic rings. The highest BCUT2D eigenvalue weighted by Crippen LogP contribution is 2.25. The van der Waals surface area contributed by atoms with Crippen molar-refractivity contribution in [2.75, 3.05) is 13.2 Å². The average molecular weight is 370 g/mol. The first-order chi connectivity index (χ1) is 13.2. The Hall–Kier alpha value is -3.69. The molecule has 0 unspecified atom stereocenters. The fourth-order valence-corrected chi connectivity index (χ4v) is 2.32. The Labute approximate surface area is 153 Å². The summed E-state index contributed by atoms with van der Waals surface area (Å²) in [5.41, 5.74) is 0.273. The van der Waals surface area contributed by atoms with Gasteiger partial charge in [-0.2, -0.15) is 5.10 Å². The SMILES string of the molecule is CCOC(=O)c1c[nH]nc1/N=N/c1c(OCC)[nH]n(-c2ccccc2)c1=O. The molecule has 0 aliphatic heterocycles. The smallest absolute Gasteiger partial charge is 0.343 e. The molecule has 0 spiro atoms. The lowest BCUT2D eigenvalue weighted by atomic mass is 10.3. The van der Waals surface area contributed by atoms with Gasteiger partial charge in [0.15, 0.2) is 0 Å². The van der Waals surface area contributed by atoms with Crippen LogP contribution >= 0.6 is 0 Å². The van der Waals surface area contributed by atoms with Crippen LogP contribution < -0.4 is 10.3 Å². The molecule has 1 aromatic carbocycles. The van der Waals surface area contributed by atoms with Crippen LogP contribution in [-0.4, -0.2) is 39.2 Å². The number of carbonyl (C=O) groups excluding carboxylic acids is 1. The highest BCUT2D eigenvalue weighted by Gasteiger charge is 2.18. The van der Waals surface area contributed by atoms with Crippen molar-refractivity contribution in [2.24, 2.45) is 10.2 Å². The number of azo groups is 1. The first-order valence-corrected chi connectivity index (χ1v) is 8.31. The van der Waals surface area contributed by atoms with E-state index in [9.17, 15) is 9.59 Å². The van der Waals surface area contributed by atoms with Crippen molar-refractivity contribution in [3.05, 3.63) is 52.4 Å². The molecule has 2 N–H and O–H groups in total. The predicted molar refractivity (Wildman–Crippen MR) is 96.3 cm³/mol. The lowest BCUT2D eigenvalue weighted by Gasteiger charge is -2.01. The van der Waals surface area contributed by atoms with E-state index in [0.29, 0.717) is 12.3 Å². The molecule has 2 heterocycles. The molecule has 0 amide bonds. The van der Waals surface area contributed by atoms with Crippen LogP contribution in [0.5, 0.6) is 5.88 Å². The minimum Gasteiger partial charge on any atom is -0.477 e. The van der Waals surface area contributed by atoms with E-state index in [-0.39, 0.29) is 29.6 Å². The van der Waals surface area contributed by atoms with Gasteiger partial charge in [0.2, 0.25) is 17.4 Å². The maximum Gasteiger partial charge on any atom is 0.343 e. The number of nitrogens with one attached hydrogen (secondary N) is 2. The molecule has 0 radical (unpaired) electrons. The van der Waals surface area contributed by atoms with Crippen LogP contribution in [0.3, 0.4) is 0 Å². The van der Waals surface area contributed by atoms with Gasteiger partial charge < -0.3 is 9.47 Å². The summed E-state index contributed by atoms with van der Waals surface area (Å²) < 4.78 is 11.7. The molecule has 140 valence electrons. The van der Waals surface area contributed by atoms with Crippen molar-refractivity contribution in [1.82, 2.24) is 20.0 Å². The summed E-state index contributed by atoms with van der Waals surface area (Å²) >= 11 is 0. The zero-order chi connectivity index (χ0) is 19.2. The number of para-hydroxylation sites is 1. The van der Waals surface area contributed by atoms with Gasteiger partial charge in [-0.15, -0.1) is 10.2 Å². The van der Waals surface area contributed by atoms with Crippen LogP contribution in [0.15, 0.2) is 51.6 Å². The molecule has 0 bridgehead atoms. The Kier molecular flexibility index (Phi) is 5.45. The topological polar surface area (TPSA) is 127 Å². The highest BCUT2D eigenvalue weighted by molar-refractivity contribution is 5.93. The molecule has 10 nitrogen and oxygen atoms in total. The average Bonchev–Trinajstić information content (AvgIpc) is 3.26. The van der Waals surface area contributed by atoms with E-state index in [1.54, 1.807) is 38.1 Å². The molecule has 0 aliphatic carbocycles. The van der Waals surface area contributed by atoms with E-state index >= 15 is 0 Å². The summed E-state index contributed by atoms with van der Waals surface area (Å²) in [6, 6.07) is 8.98. The highest BCUT2D eigenvalue weighted by atomic mass is 16.5. The second-order valence-corrected chi connectivity index (χ2v) is 5.24. The van der Waals surface area contributed by atoms with Gasteiger partial charge in [-0.25, -0.2) is 9.48 Å². The molecule has 0 atom stereocenters. The van der Waals surface area contributed by atoms with E-state index < -0.39 is 11.5 Å². The van der Waals surface area contributed by atoms with Crippen LogP contribution in [0, 0.1) is 0 Å². The number of benzene rings is 1. The Morgan fingerprint density at radius 3 is 2.67 bits per heavy atom. The standard InChI is InChI=1S/C17H18N6O4/c1-3-26-15-13(16(24)23(22-15)11-8-6-5-7-9-11)19-21-14-12(10-18-20-14)17(25)27-4-2/h5-10,22H,3-4H2,1-2H3,(H,18,20)/b21-19+. The number of esters is 1. The predicted octanol–water partition coefficient (Wildman–Crippen LogP) is 2.88. The van der Waals surface area contributed by atoms with Crippen LogP contribution in [-0.2, 0) is 4.74 Å². The first kappa shape index (κ1) is 18.1.